The van der Waals surface area contributed by atoms with Crippen LogP contribution in [0.1, 0.15) is 23.1 Å². The highest BCUT2D eigenvalue weighted by Crippen LogP contribution is 2.07. The zero-order valence-electron chi connectivity index (χ0n) is 9.48. The van der Waals surface area contributed by atoms with Gasteiger partial charge >= 0.3 is 0 Å². The third-order valence-corrected chi connectivity index (χ3v) is 2.18. The van der Waals surface area contributed by atoms with E-state index in [2.05, 4.69) is 25.4 Å². The first-order chi connectivity index (χ1) is 7.65. The second-order valence-electron chi connectivity index (χ2n) is 3.51. The number of anilines is 1. The maximum atomic E-state index is 4.97. The molecule has 0 spiro atoms. The van der Waals surface area contributed by atoms with Crippen molar-refractivity contribution in [3.05, 3.63) is 29.3 Å². The van der Waals surface area contributed by atoms with Gasteiger partial charge in [0.2, 0.25) is 5.89 Å². The van der Waals surface area contributed by atoms with Crippen molar-refractivity contribution < 1.29 is 4.52 Å². The molecule has 0 radical (unpaired) electrons. The molecule has 0 unspecified atom stereocenters. The normalized spacial score (nSPS) is 10.4. The van der Waals surface area contributed by atoms with E-state index >= 15 is 0 Å². The molecule has 0 fully saturated rings. The summed E-state index contributed by atoms with van der Waals surface area (Å²) in [4.78, 5) is 12.6. The van der Waals surface area contributed by atoms with E-state index in [1.807, 2.05) is 13.8 Å². The summed E-state index contributed by atoms with van der Waals surface area (Å²) in [6.45, 7) is 6.08. The van der Waals surface area contributed by atoms with Crippen LogP contribution < -0.4 is 5.32 Å². The molecule has 0 bridgehead atoms. The molecule has 0 aliphatic carbocycles. The molecule has 6 heteroatoms. The van der Waals surface area contributed by atoms with Crippen LogP contribution in [0.4, 0.5) is 5.82 Å². The molecule has 0 aromatic carbocycles. The fourth-order valence-electron chi connectivity index (χ4n) is 1.21. The lowest BCUT2D eigenvalue weighted by molar-refractivity contribution is 0.379. The van der Waals surface area contributed by atoms with Gasteiger partial charge < -0.3 is 9.84 Å². The summed E-state index contributed by atoms with van der Waals surface area (Å²) in [7, 11) is 0. The standard InChI is InChI=1S/C10H13N5O/c1-6-7(2)13-9(4-11-6)12-5-10-14-8(3)15-16-10/h4H,5H2,1-3H3,(H,12,13). The average molecular weight is 219 g/mol. The minimum Gasteiger partial charge on any atom is -0.360 e. The van der Waals surface area contributed by atoms with Gasteiger partial charge in [-0.05, 0) is 20.8 Å². The van der Waals surface area contributed by atoms with Crippen molar-refractivity contribution >= 4 is 5.82 Å². The van der Waals surface area contributed by atoms with Gasteiger partial charge in [-0.1, -0.05) is 5.16 Å². The van der Waals surface area contributed by atoms with Crippen LogP contribution >= 0.6 is 0 Å². The molecule has 1 N–H and O–H groups in total. The highest BCUT2D eigenvalue weighted by molar-refractivity contribution is 5.33. The van der Waals surface area contributed by atoms with Crippen LogP contribution in [-0.2, 0) is 6.54 Å². The predicted octanol–water partition coefficient (Wildman–Crippen LogP) is 1.40. The quantitative estimate of drug-likeness (QED) is 0.840. The lowest BCUT2D eigenvalue weighted by Gasteiger charge is -2.04. The fourth-order valence-corrected chi connectivity index (χ4v) is 1.21. The summed E-state index contributed by atoms with van der Waals surface area (Å²) < 4.78 is 4.97. The van der Waals surface area contributed by atoms with Crippen LogP contribution in [0.2, 0.25) is 0 Å². The molecule has 0 aliphatic rings. The van der Waals surface area contributed by atoms with Crippen molar-refractivity contribution in [1.82, 2.24) is 20.1 Å². The van der Waals surface area contributed by atoms with E-state index in [-0.39, 0.29) is 0 Å². The Balaban J connectivity index is 2.02. The van der Waals surface area contributed by atoms with Crippen molar-refractivity contribution in [1.29, 1.82) is 0 Å². The van der Waals surface area contributed by atoms with Crippen molar-refractivity contribution in [3.63, 3.8) is 0 Å². The van der Waals surface area contributed by atoms with Crippen LogP contribution in [0.15, 0.2) is 10.7 Å². The first kappa shape index (κ1) is 10.5. The lowest BCUT2D eigenvalue weighted by atomic mass is 10.3. The van der Waals surface area contributed by atoms with Crippen molar-refractivity contribution in [2.24, 2.45) is 0 Å². The Bertz CT molecular complexity index is 494. The van der Waals surface area contributed by atoms with Gasteiger partial charge in [0.25, 0.3) is 0 Å². The van der Waals surface area contributed by atoms with Crippen LogP contribution in [0.25, 0.3) is 0 Å². The summed E-state index contributed by atoms with van der Waals surface area (Å²) >= 11 is 0. The fraction of sp³-hybridized carbons (Fsp3) is 0.400. The van der Waals surface area contributed by atoms with Crippen molar-refractivity contribution in [2.45, 2.75) is 27.3 Å². The zero-order valence-corrected chi connectivity index (χ0v) is 9.48. The van der Waals surface area contributed by atoms with E-state index in [9.17, 15) is 0 Å². The number of hydrogen-bond acceptors (Lipinski definition) is 6. The van der Waals surface area contributed by atoms with E-state index in [0.29, 0.717) is 24.1 Å². The van der Waals surface area contributed by atoms with Crippen molar-refractivity contribution in [2.75, 3.05) is 5.32 Å². The van der Waals surface area contributed by atoms with Gasteiger partial charge in [0.1, 0.15) is 5.82 Å². The number of nitrogens with zero attached hydrogens (tertiary/aromatic N) is 4. The molecular formula is C10H13N5O. The molecule has 0 saturated heterocycles. The Hall–Kier alpha value is -1.98. The van der Waals surface area contributed by atoms with Gasteiger partial charge in [-0.25, -0.2) is 4.98 Å². The van der Waals surface area contributed by atoms with Gasteiger partial charge in [0.15, 0.2) is 5.82 Å². The van der Waals surface area contributed by atoms with E-state index in [1.165, 1.54) is 0 Å². The van der Waals surface area contributed by atoms with Gasteiger partial charge in [-0.3, -0.25) is 4.98 Å². The summed E-state index contributed by atoms with van der Waals surface area (Å²) in [5, 5.41) is 6.77. The topological polar surface area (TPSA) is 76.7 Å². The number of aryl methyl sites for hydroxylation is 3. The maximum absolute atomic E-state index is 4.97. The Labute approximate surface area is 93.1 Å². The minimum atomic E-state index is 0.456. The predicted molar refractivity (Wildman–Crippen MR) is 57.9 cm³/mol. The van der Waals surface area contributed by atoms with Crippen molar-refractivity contribution in [3.8, 4) is 0 Å². The third-order valence-electron chi connectivity index (χ3n) is 2.18. The van der Waals surface area contributed by atoms with E-state index < -0.39 is 0 Å². The number of nitrogens with one attached hydrogen (secondary N) is 1. The molecular weight excluding hydrogens is 206 g/mol. The molecule has 2 aromatic rings. The van der Waals surface area contributed by atoms with Gasteiger partial charge in [-0.15, -0.1) is 0 Å². The molecule has 0 saturated carbocycles. The zero-order chi connectivity index (χ0) is 11.5. The first-order valence-corrected chi connectivity index (χ1v) is 4.98. The molecule has 2 rings (SSSR count). The second-order valence-corrected chi connectivity index (χ2v) is 3.51. The minimum absolute atomic E-state index is 0.456. The van der Waals surface area contributed by atoms with Gasteiger partial charge in [0.05, 0.1) is 24.1 Å². The molecule has 2 heterocycles. The van der Waals surface area contributed by atoms with Crippen LogP contribution in [0, 0.1) is 20.8 Å². The van der Waals surface area contributed by atoms with Crippen LogP contribution in [0.3, 0.4) is 0 Å². The monoisotopic (exact) mass is 219 g/mol. The molecule has 0 aliphatic heterocycles. The molecule has 6 nitrogen and oxygen atoms in total. The first-order valence-electron chi connectivity index (χ1n) is 4.98. The SMILES string of the molecule is Cc1noc(CNc2cnc(C)c(C)n2)n1. The summed E-state index contributed by atoms with van der Waals surface area (Å²) in [6, 6.07) is 0. The Kier molecular flexibility index (Phi) is 2.80. The third kappa shape index (κ3) is 2.33. The number of rotatable bonds is 3. The second kappa shape index (κ2) is 4.26. The Morgan fingerprint density at radius 3 is 2.62 bits per heavy atom. The van der Waals surface area contributed by atoms with E-state index in [1.54, 1.807) is 13.1 Å². The maximum Gasteiger partial charge on any atom is 0.245 e. The molecule has 0 amide bonds. The Morgan fingerprint density at radius 1 is 1.19 bits per heavy atom. The molecule has 0 atom stereocenters. The highest BCUT2D eigenvalue weighted by Gasteiger charge is 2.03. The number of aromatic nitrogens is 4. The summed E-state index contributed by atoms with van der Waals surface area (Å²) in [6.07, 6.45) is 1.69. The summed E-state index contributed by atoms with van der Waals surface area (Å²) in [5.41, 5.74) is 1.84. The van der Waals surface area contributed by atoms with Crippen LogP contribution in [-0.4, -0.2) is 20.1 Å². The van der Waals surface area contributed by atoms with Gasteiger partial charge in [0, 0.05) is 0 Å². The highest BCUT2D eigenvalue weighted by atomic mass is 16.5. The smallest absolute Gasteiger partial charge is 0.245 e. The number of hydrogen-bond donors (Lipinski definition) is 1. The Morgan fingerprint density at radius 2 is 2.00 bits per heavy atom. The lowest BCUT2D eigenvalue weighted by Crippen LogP contribution is -2.04. The largest absolute Gasteiger partial charge is 0.360 e. The molecule has 16 heavy (non-hydrogen) atoms. The van der Waals surface area contributed by atoms with Crippen LogP contribution in [0.5, 0.6) is 0 Å². The molecule has 2 aromatic heterocycles. The average Bonchev–Trinajstić information content (AvgIpc) is 2.66. The van der Waals surface area contributed by atoms with Gasteiger partial charge in [-0.2, -0.15) is 4.98 Å². The van der Waals surface area contributed by atoms with E-state index in [0.717, 1.165) is 11.4 Å². The molecule has 84 valence electrons. The van der Waals surface area contributed by atoms with E-state index in [4.69, 9.17) is 4.52 Å². The summed E-state index contributed by atoms with van der Waals surface area (Å²) in [5.74, 6) is 1.87.